The fraction of sp³-hybridized carbons (Fsp3) is 0.188. The van der Waals surface area contributed by atoms with Crippen LogP contribution < -0.4 is 10.1 Å². The normalized spacial score (nSPS) is 12.6. The number of halogens is 5. The molecule has 8 heteroatoms. The lowest BCUT2D eigenvalue weighted by molar-refractivity contribution is -0.137. The van der Waals surface area contributed by atoms with Crippen LogP contribution in [0.4, 0.5) is 18.9 Å². The van der Waals surface area contributed by atoms with Gasteiger partial charge in [0.1, 0.15) is 5.75 Å². The molecule has 1 amide bonds. The molecule has 0 aromatic heterocycles. The first-order chi connectivity index (χ1) is 11.2. The monoisotopic (exact) mass is 421 g/mol. The predicted octanol–water partition coefficient (Wildman–Crippen LogP) is 5.53. The van der Waals surface area contributed by atoms with Gasteiger partial charge in [-0.3, -0.25) is 4.79 Å². The topological polar surface area (TPSA) is 38.3 Å². The van der Waals surface area contributed by atoms with E-state index in [2.05, 4.69) is 21.2 Å². The summed E-state index contributed by atoms with van der Waals surface area (Å²) >= 11 is 8.82. The molecular formula is C16H12BrClF3NO2. The van der Waals surface area contributed by atoms with Crippen molar-refractivity contribution in [2.45, 2.75) is 19.2 Å². The highest BCUT2D eigenvalue weighted by molar-refractivity contribution is 9.10. The number of hydrogen-bond donors (Lipinski definition) is 1. The maximum absolute atomic E-state index is 12.8. The van der Waals surface area contributed by atoms with Crippen LogP contribution in [0.15, 0.2) is 46.9 Å². The number of carbonyl (C=O) groups excluding carboxylic acids is 1. The van der Waals surface area contributed by atoms with E-state index in [1.54, 1.807) is 24.3 Å². The molecule has 3 nitrogen and oxygen atoms in total. The van der Waals surface area contributed by atoms with Gasteiger partial charge >= 0.3 is 6.18 Å². The Morgan fingerprint density at radius 2 is 1.96 bits per heavy atom. The van der Waals surface area contributed by atoms with Crippen molar-refractivity contribution in [3.63, 3.8) is 0 Å². The number of rotatable bonds is 4. The second-order valence-electron chi connectivity index (χ2n) is 4.90. The molecule has 1 atom stereocenters. The zero-order valence-electron chi connectivity index (χ0n) is 12.3. The number of nitrogens with one attached hydrogen (secondary N) is 1. The number of alkyl halides is 3. The largest absolute Gasteiger partial charge is 0.481 e. The quantitative estimate of drug-likeness (QED) is 0.704. The summed E-state index contributed by atoms with van der Waals surface area (Å²) in [5, 5.41) is 1.95. The lowest BCUT2D eigenvalue weighted by Crippen LogP contribution is -2.30. The van der Waals surface area contributed by atoms with E-state index in [4.69, 9.17) is 16.3 Å². The van der Waals surface area contributed by atoms with Crippen molar-refractivity contribution in [2.24, 2.45) is 0 Å². The van der Waals surface area contributed by atoms with Gasteiger partial charge in [0.05, 0.1) is 10.6 Å². The molecule has 0 saturated heterocycles. The third-order valence-corrected chi connectivity index (χ3v) is 3.84. The molecule has 2 aromatic rings. The minimum absolute atomic E-state index is 0.0126. The highest BCUT2D eigenvalue weighted by Gasteiger charge is 2.33. The van der Waals surface area contributed by atoms with Crippen LogP contribution >= 0.6 is 27.5 Å². The first-order valence-electron chi connectivity index (χ1n) is 6.76. The molecule has 0 aliphatic heterocycles. The molecule has 2 aromatic carbocycles. The maximum Gasteiger partial charge on any atom is 0.417 e. The van der Waals surface area contributed by atoms with Gasteiger partial charge in [-0.2, -0.15) is 13.2 Å². The van der Waals surface area contributed by atoms with Crippen LogP contribution in [0.3, 0.4) is 0 Å². The SMILES string of the molecule is C[C@@H](Oc1cccc(Br)c1)C(=O)Nc1ccc(Cl)c(C(F)(F)F)c1. The van der Waals surface area contributed by atoms with Crippen molar-refractivity contribution in [1.82, 2.24) is 0 Å². The molecular weight excluding hydrogens is 411 g/mol. The first-order valence-corrected chi connectivity index (χ1v) is 7.94. The van der Waals surface area contributed by atoms with Crippen LogP contribution in [0.5, 0.6) is 5.75 Å². The Morgan fingerprint density at radius 1 is 1.25 bits per heavy atom. The molecule has 0 bridgehead atoms. The third kappa shape index (κ3) is 4.88. The summed E-state index contributed by atoms with van der Waals surface area (Å²) in [5.74, 6) is -0.121. The second kappa shape index (κ2) is 7.44. The van der Waals surface area contributed by atoms with Gasteiger partial charge in [0, 0.05) is 10.2 Å². The van der Waals surface area contributed by atoms with Crippen LogP contribution in [0.25, 0.3) is 0 Å². The Hall–Kier alpha value is -1.73. The van der Waals surface area contributed by atoms with Gasteiger partial charge in [0.2, 0.25) is 0 Å². The van der Waals surface area contributed by atoms with Crippen molar-refractivity contribution < 1.29 is 22.7 Å². The summed E-state index contributed by atoms with van der Waals surface area (Å²) in [6, 6.07) is 10.0. The number of ether oxygens (including phenoxy) is 1. The Bertz CT molecular complexity index is 752. The van der Waals surface area contributed by atoms with Crippen LogP contribution in [-0.4, -0.2) is 12.0 Å². The minimum Gasteiger partial charge on any atom is -0.481 e. The smallest absolute Gasteiger partial charge is 0.417 e. The predicted molar refractivity (Wildman–Crippen MR) is 89.3 cm³/mol. The van der Waals surface area contributed by atoms with Gasteiger partial charge in [0.15, 0.2) is 6.10 Å². The molecule has 0 aliphatic carbocycles. The van der Waals surface area contributed by atoms with E-state index in [0.717, 1.165) is 16.6 Å². The van der Waals surface area contributed by atoms with E-state index in [9.17, 15) is 18.0 Å². The fourth-order valence-corrected chi connectivity index (χ4v) is 2.47. The summed E-state index contributed by atoms with van der Waals surface area (Å²) < 4.78 is 44.7. The van der Waals surface area contributed by atoms with E-state index in [1.807, 2.05) is 0 Å². The van der Waals surface area contributed by atoms with Gasteiger partial charge in [0.25, 0.3) is 5.91 Å². The number of benzene rings is 2. The molecule has 0 aliphatic rings. The third-order valence-electron chi connectivity index (χ3n) is 3.02. The number of amides is 1. The molecule has 24 heavy (non-hydrogen) atoms. The van der Waals surface area contributed by atoms with Crippen LogP contribution in [0.1, 0.15) is 12.5 Å². The zero-order valence-corrected chi connectivity index (χ0v) is 14.7. The van der Waals surface area contributed by atoms with Gasteiger partial charge < -0.3 is 10.1 Å². The number of hydrogen-bond acceptors (Lipinski definition) is 2. The standard InChI is InChI=1S/C16H12BrClF3NO2/c1-9(24-12-4-2-3-10(17)7-12)15(23)22-11-5-6-14(18)13(8-11)16(19,20)21/h2-9H,1H3,(H,22,23)/t9-/m1/s1. The van der Waals surface area contributed by atoms with Crippen LogP contribution in [-0.2, 0) is 11.0 Å². The van der Waals surface area contributed by atoms with Gasteiger partial charge in [-0.25, -0.2) is 0 Å². The average Bonchev–Trinajstić information content (AvgIpc) is 2.48. The molecule has 0 heterocycles. The summed E-state index contributed by atoms with van der Waals surface area (Å²) in [4.78, 5) is 12.1. The van der Waals surface area contributed by atoms with Crippen molar-refractivity contribution in [2.75, 3.05) is 5.32 Å². The molecule has 1 N–H and O–H groups in total. The number of anilines is 1. The van der Waals surface area contributed by atoms with Gasteiger partial charge in [-0.1, -0.05) is 33.6 Å². The molecule has 0 unspecified atom stereocenters. The van der Waals surface area contributed by atoms with E-state index in [0.29, 0.717) is 5.75 Å². The molecule has 0 spiro atoms. The average molecular weight is 423 g/mol. The molecule has 128 valence electrons. The van der Waals surface area contributed by atoms with E-state index >= 15 is 0 Å². The fourth-order valence-electron chi connectivity index (χ4n) is 1.86. The number of carbonyl (C=O) groups is 1. The Labute approximate surface area is 149 Å². The highest BCUT2D eigenvalue weighted by Crippen LogP contribution is 2.36. The van der Waals surface area contributed by atoms with E-state index in [-0.39, 0.29) is 5.69 Å². The van der Waals surface area contributed by atoms with Gasteiger partial charge in [-0.05, 0) is 43.3 Å². The molecule has 0 radical (unpaired) electrons. The summed E-state index contributed by atoms with van der Waals surface area (Å²) in [6.07, 6.45) is -5.50. The Kier molecular flexibility index (Phi) is 5.77. The molecule has 2 rings (SSSR count). The maximum atomic E-state index is 12.8. The first kappa shape index (κ1) is 18.6. The van der Waals surface area contributed by atoms with Crippen LogP contribution in [0, 0.1) is 0 Å². The van der Waals surface area contributed by atoms with Crippen molar-refractivity contribution in [1.29, 1.82) is 0 Å². The minimum atomic E-state index is -4.60. The van der Waals surface area contributed by atoms with Crippen molar-refractivity contribution >= 4 is 39.1 Å². The molecule has 0 fully saturated rings. The Morgan fingerprint density at radius 3 is 2.58 bits per heavy atom. The lowest BCUT2D eigenvalue weighted by atomic mass is 10.2. The zero-order chi connectivity index (χ0) is 17.9. The summed E-state index contributed by atoms with van der Waals surface area (Å²) in [5.41, 5.74) is -1.02. The lowest BCUT2D eigenvalue weighted by Gasteiger charge is -2.16. The van der Waals surface area contributed by atoms with Crippen LogP contribution in [0.2, 0.25) is 5.02 Å². The van der Waals surface area contributed by atoms with Gasteiger partial charge in [-0.15, -0.1) is 0 Å². The summed E-state index contributed by atoms with van der Waals surface area (Å²) in [7, 11) is 0. The van der Waals surface area contributed by atoms with E-state index < -0.39 is 28.8 Å². The Balaban J connectivity index is 2.09. The summed E-state index contributed by atoms with van der Waals surface area (Å²) in [6.45, 7) is 1.50. The van der Waals surface area contributed by atoms with E-state index in [1.165, 1.54) is 13.0 Å². The van der Waals surface area contributed by atoms with Crippen molar-refractivity contribution in [3.8, 4) is 5.75 Å². The van der Waals surface area contributed by atoms with Crippen molar-refractivity contribution in [3.05, 3.63) is 57.5 Å². The highest BCUT2D eigenvalue weighted by atomic mass is 79.9. The second-order valence-corrected chi connectivity index (χ2v) is 6.22. The molecule has 0 saturated carbocycles.